The van der Waals surface area contributed by atoms with Gasteiger partial charge in [0, 0.05) is 11.1 Å². The van der Waals surface area contributed by atoms with Crippen LogP contribution in [0.2, 0.25) is 0 Å². The van der Waals surface area contributed by atoms with E-state index < -0.39 is 11.9 Å². The van der Waals surface area contributed by atoms with Gasteiger partial charge in [0.15, 0.2) is 0 Å². The van der Waals surface area contributed by atoms with E-state index in [2.05, 4.69) is 13.2 Å². The molecular formula is C22H20O6. The molecule has 0 spiro atoms. The van der Waals surface area contributed by atoms with Crippen LogP contribution in [0.15, 0.2) is 85.8 Å². The first kappa shape index (κ1) is 20.5. The van der Waals surface area contributed by atoms with Gasteiger partial charge in [0.25, 0.3) is 0 Å². The molecule has 0 bridgehead atoms. The van der Waals surface area contributed by atoms with Crippen molar-refractivity contribution in [1.82, 2.24) is 0 Å². The van der Waals surface area contributed by atoms with Gasteiger partial charge in [-0.3, -0.25) is 0 Å². The number of carbonyl (C=O) groups excluding carboxylic acids is 2. The summed E-state index contributed by atoms with van der Waals surface area (Å²) in [5.41, 5.74) is 0.606. The summed E-state index contributed by atoms with van der Waals surface area (Å²) in [5, 5.41) is 1.85. The number of benzene rings is 2. The number of fused-ring (bicyclic) bond motifs is 1. The monoisotopic (exact) mass is 380 g/mol. The van der Waals surface area contributed by atoms with Crippen LogP contribution < -0.4 is 9.47 Å². The molecule has 144 valence electrons. The van der Waals surface area contributed by atoms with Crippen LogP contribution >= 0.6 is 0 Å². The minimum absolute atomic E-state index is 0.303. The second kappa shape index (κ2) is 9.78. The molecule has 2 rings (SSSR count). The third kappa shape index (κ3) is 6.17. The zero-order valence-electron chi connectivity index (χ0n) is 15.6. The van der Waals surface area contributed by atoms with Gasteiger partial charge in [-0.2, -0.15) is 0 Å². The predicted octanol–water partition coefficient (Wildman–Crippen LogP) is 4.78. The van der Waals surface area contributed by atoms with Crippen molar-refractivity contribution >= 4 is 22.7 Å². The Morgan fingerprint density at radius 2 is 1.11 bits per heavy atom. The zero-order valence-corrected chi connectivity index (χ0v) is 15.6. The maximum atomic E-state index is 11.2. The molecule has 2 aromatic carbocycles. The Balaban J connectivity index is 1.96. The standard InChI is InChI=1S/C22H20O6/c1-15(2)21(23)27-11-9-25-19-7-5-18-14-20(8-6-17(18)13-19)26-10-12-28-22(24)16(3)4/h5-14H,1,3H2,2,4H3/b11-9-,12-10-. The summed E-state index contributed by atoms with van der Waals surface area (Å²) in [4.78, 5) is 22.5. The van der Waals surface area contributed by atoms with Crippen molar-refractivity contribution in [2.24, 2.45) is 0 Å². The van der Waals surface area contributed by atoms with Gasteiger partial charge in [-0.25, -0.2) is 9.59 Å². The molecule has 0 aromatic heterocycles. The summed E-state index contributed by atoms with van der Waals surface area (Å²) >= 11 is 0. The van der Waals surface area contributed by atoms with Gasteiger partial charge in [0.2, 0.25) is 0 Å². The van der Waals surface area contributed by atoms with E-state index in [-0.39, 0.29) is 0 Å². The molecular weight excluding hydrogens is 360 g/mol. The molecule has 0 atom stereocenters. The number of rotatable bonds is 8. The first-order valence-electron chi connectivity index (χ1n) is 8.27. The second-order valence-corrected chi connectivity index (χ2v) is 5.82. The average molecular weight is 380 g/mol. The Bertz CT molecular complexity index is 889. The molecule has 0 aliphatic rings. The quantitative estimate of drug-likeness (QED) is 0.373. The lowest BCUT2D eigenvalue weighted by atomic mass is 10.1. The smallest absolute Gasteiger partial charge is 0.338 e. The van der Waals surface area contributed by atoms with Gasteiger partial charge < -0.3 is 18.9 Å². The molecule has 6 heteroatoms. The molecule has 6 nitrogen and oxygen atoms in total. The number of ether oxygens (including phenoxy) is 4. The fourth-order valence-corrected chi connectivity index (χ4v) is 1.94. The fourth-order valence-electron chi connectivity index (χ4n) is 1.94. The summed E-state index contributed by atoms with van der Waals surface area (Å²) in [5.74, 6) is 0.120. The minimum Gasteiger partial charge on any atom is -0.462 e. The molecule has 28 heavy (non-hydrogen) atoms. The topological polar surface area (TPSA) is 71.1 Å². The van der Waals surface area contributed by atoms with Crippen LogP contribution in [0.1, 0.15) is 13.8 Å². The minimum atomic E-state index is -0.519. The first-order valence-corrected chi connectivity index (χ1v) is 8.27. The highest BCUT2D eigenvalue weighted by molar-refractivity contribution is 5.88. The summed E-state index contributed by atoms with van der Waals surface area (Å²) in [6.45, 7) is 10.1. The molecule has 0 unspecified atom stereocenters. The SMILES string of the molecule is C=C(C)C(=O)O/C=C\Oc1ccc2cc(O/C=C\OC(=O)C(=C)C)ccc2c1. The lowest BCUT2D eigenvalue weighted by Gasteiger charge is -2.05. The van der Waals surface area contributed by atoms with E-state index in [4.69, 9.17) is 18.9 Å². The van der Waals surface area contributed by atoms with Crippen LogP contribution in [0, 0.1) is 0 Å². The molecule has 0 aliphatic carbocycles. The van der Waals surface area contributed by atoms with Gasteiger partial charge >= 0.3 is 11.9 Å². The molecule has 0 aliphatic heterocycles. The van der Waals surface area contributed by atoms with E-state index >= 15 is 0 Å². The largest absolute Gasteiger partial charge is 0.462 e. The van der Waals surface area contributed by atoms with Crippen LogP contribution in [-0.2, 0) is 19.1 Å². The molecule has 0 amide bonds. The number of hydrogen-bond acceptors (Lipinski definition) is 6. The molecule has 0 N–H and O–H groups in total. The third-order valence-electron chi connectivity index (χ3n) is 3.35. The maximum absolute atomic E-state index is 11.2. The van der Waals surface area contributed by atoms with Gasteiger partial charge in [-0.15, -0.1) is 0 Å². The molecule has 0 radical (unpaired) electrons. The van der Waals surface area contributed by atoms with Crippen molar-refractivity contribution in [2.45, 2.75) is 13.8 Å². The lowest BCUT2D eigenvalue weighted by Crippen LogP contribution is -1.99. The van der Waals surface area contributed by atoms with E-state index in [1.165, 1.54) is 12.5 Å². The van der Waals surface area contributed by atoms with Gasteiger partial charge in [-0.05, 0) is 48.9 Å². The molecule has 0 saturated carbocycles. The fraction of sp³-hybridized carbons (Fsp3) is 0.0909. The highest BCUT2D eigenvalue weighted by Crippen LogP contribution is 2.25. The van der Waals surface area contributed by atoms with Crippen molar-refractivity contribution < 1.29 is 28.5 Å². The van der Waals surface area contributed by atoms with Crippen LogP contribution in [0.25, 0.3) is 10.8 Å². The van der Waals surface area contributed by atoms with Crippen molar-refractivity contribution in [3.63, 3.8) is 0 Å². The predicted molar refractivity (Wildman–Crippen MR) is 105 cm³/mol. The maximum Gasteiger partial charge on any atom is 0.338 e. The molecule has 2 aromatic rings. The van der Waals surface area contributed by atoms with Crippen LogP contribution in [0.5, 0.6) is 11.5 Å². The van der Waals surface area contributed by atoms with Crippen molar-refractivity contribution in [3.05, 3.63) is 85.8 Å². The Hall–Kier alpha value is -3.80. The van der Waals surface area contributed by atoms with Crippen molar-refractivity contribution in [3.8, 4) is 11.5 Å². The summed E-state index contributed by atoms with van der Waals surface area (Å²) in [6, 6.07) is 10.9. The van der Waals surface area contributed by atoms with E-state index in [0.717, 1.165) is 23.3 Å². The molecule has 0 saturated heterocycles. The highest BCUT2D eigenvalue weighted by Gasteiger charge is 2.02. The van der Waals surface area contributed by atoms with Crippen LogP contribution in [0.3, 0.4) is 0 Å². The Morgan fingerprint density at radius 3 is 1.46 bits per heavy atom. The Labute approximate surface area is 163 Å². The van der Waals surface area contributed by atoms with Crippen molar-refractivity contribution in [1.29, 1.82) is 0 Å². The third-order valence-corrected chi connectivity index (χ3v) is 3.35. The normalized spacial score (nSPS) is 10.8. The van der Waals surface area contributed by atoms with E-state index in [1.54, 1.807) is 26.0 Å². The summed E-state index contributed by atoms with van der Waals surface area (Å²) < 4.78 is 20.4. The van der Waals surface area contributed by atoms with E-state index in [1.807, 2.05) is 24.3 Å². The average Bonchev–Trinajstić information content (AvgIpc) is 2.67. The summed E-state index contributed by atoms with van der Waals surface area (Å²) in [7, 11) is 0. The lowest BCUT2D eigenvalue weighted by molar-refractivity contribution is -0.134. The highest BCUT2D eigenvalue weighted by atomic mass is 16.5. The number of carbonyl (C=O) groups is 2. The van der Waals surface area contributed by atoms with Crippen LogP contribution in [-0.4, -0.2) is 11.9 Å². The number of esters is 2. The summed E-state index contributed by atoms with van der Waals surface area (Å²) in [6.07, 6.45) is 4.86. The van der Waals surface area contributed by atoms with Crippen LogP contribution in [0.4, 0.5) is 0 Å². The molecule has 0 heterocycles. The van der Waals surface area contributed by atoms with Gasteiger partial charge in [-0.1, -0.05) is 25.3 Å². The second-order valence-electron chi connectivity index (χ2n) is 5.82. The Morgan fingerprint density at radius 1 is 0.714 bits per heavy atom. The van der Waals surface area contributed by atoms with Crippen molar-refractivity contribution in [2.75, 3.05) is 0 Å². The van der Waals surface area contributed by atoms with E-state index in [0.29, 0.717) is 22.6 Å². The van der Waals surface area contributed by atoms with Gasteiger partial charge in [0.05, 0.1) is 0 Å². The molecule has 0 fully saturated rings. The van der Waals surface area contributed by atoms with E-state index in [9.17, 15) is 9.59 Å². The van der Waals surface area contributed by atoms with Gasteiger partial charge in [0.1, 0.15) is 36.5 Å². The first-order chi connectivity index (χ1) is 13.4. The number of hydrogen-bond donors (Lipinski definition) is 0. The Kier molecular flexibility index (Phi) is 7.16. The zero-order chi connectivity index (χ0) is 20.5.